The third-order valence-corrected chi connectivity index (χ3v) is 4.70. The first-order chi connectivity index (χ1) is 15.3. The highest BCUT2D eigenvalue weighted by atomic mass is 16.5. The van der Waals surface area contributed by atoms with Gasteiger partial charge < -0.3 is 24.8 Å². The quantitative estimate of drug-likeness (QED) is 0.541. The van der Waals surface area contributed by atoms with Crippen molar-refractivity contribution < 1.29 is 28.6 Å². The minimum absolute atomic E-state index is 0.0741. The number of aromatic nitrogens is 1. The molecule has 0 aliphatic carbocycles. The molecule has 2 aromatic rings. The van der Waals surface area contributed by atoms with Crippen molar-refractivity contribution in [2.75, 3.05) is 14.2 Å². The molecule has 1 aromatic carbocycles. The zero-order valence-electron chi connectivity index (χ0n) is 18.7. The lowest BCUT2D eigenvalue weighted by Crippen LogP contribution is -2.54. The van der Waals surface area contributed by atoms with Crippen LogP contribution in [-0.4, -0.2) is 49.3 Å². The number of methoxy groups -OCH3 is 2. The molecule has 0 saturated carbocycles. The van der Waals surface area contributed by atoms with Crippen LogP contribution in [0.3, 0.4) is 0 Å². The number of rotatable bonds is 10. The van der Waals surface area contributed by atoms with E-state index >= 15 is 0 Å². The molecule has 9 heteroatoms. The molecule has 0 unspecified atom stereocenters. The summed E-state index contributed by atoms with van der Waals surface area (Å²) in [5.41, 5.74) is 1.45. The molecule has 32 heavy (non-hydrogen) atoms. The third kappa shape index (κ3) is 7.26. The van der Waals surface area contributed by atoms with E-state index in [1.807, 2.05) is 30.3 Å². The van der Waals surface area contributed by atoms with E-state index in [0.717, 1.165) is 5.56 Å². The number of nitrogens with zero attached hydrogens (tertiary/aromatic N) is 1. The molecule has 0 saturated heterocycles. The molecule has 2 amide bonds. The zero-order chi connectivity index (χ0) is 23.5. The number of hydrogen-bond donors (Lipinski definition) is 2. The highest BCUT2D eigenvalue weighted by molar-refractivity contribution is 5.90. The number of carbonyl (C=O) groups is 3. The van der Waals surface area contributed by atoms with Gasteiger partial charge in [-0.15, -0.1) is 0 Å². The summed E-state index contributed by atoms with van der Waals surface area (Å²) in [6.45, 7) is 3.63. The average molecular weight is 444 g/mol. The van der Waals surface area contributed by atoms with Gasteiger partial charge >= 0.3 is 12.1 Å². The molecule has 9 nitrogen and oxygen atoms in total. The molecule has 0 spiro atoms. The van der Waals surface area contributed by atoms with Crippen molar-refractivity contribution in [1.29, 1.82) is 0 Å². The number of benzene rings is 1. The second-order valence-corrected chi connectivity index (χ2v) is 7.39. The largest absolute Gasteiger partial charge is 0.481 e. The van der Waals surface area contributed by atoms with Crippen molar-refractivity contribution in [1.82, 2.24) is 15.6 Å². The number of ether oxygens (including phenoxy) is 3. The van der Waals surface area contributed by atoms with Crippen LogP contribution < -0.4 is 15.4 Å². The summed E-state index contributed by atoms with van der Waals surface area (Å²) in [6.07, 6.45) is 0.943. The first kappa shape index (κ1) is 24.6. The van der Waals surface area contributed by atoms with Crippen LogP contribution in [0, 0.1) is 5.92 Å². The molecule has 0 radical (unpaired) electrons. The zero-order valence-corrected chi connectivity index (χ0v) is 18.7. The summed E-state index contributed by atoms with van der Waals surface area (Å²) in [4.78, 5) is 41.6. The molecular formula is C23H29N3O6. The molecule has 0 fully saturated rings. The van der Waals surface area contributed by atoms with E-state index in [2.05, 4.69) is 15.6 Å². The lowest BCUT2D eigenvalue weighted by molar-refractivity contribution is -0.145. The Morgan fingerprint density at radius 2 is 1.72 bits per heavy atom. The summed E-state index contributed by atoms with van der Waals surface area (Å²) in [6, 6.07) is 10.7. The fraction of sp³-hybridized carbons (Fsp3) is 0.391. The van der Waals surface area contributed by atoms with Crippen molar-refractivity contribution in [3.8, 4) is 5.88 Å². The molecule has 0 aliphatic heterocycles. The summed E-state index contributed by atoms with van der Waals surface area (Å²) >= 11 is 0. The van der Waals surface area contributed by atoms with E-state index in [4.69, 9.17) is 14.2 Å². The second-order valence-electron chi connectivity index (χ2n) is 7.39. The normalized spacial score (nSPS) is 12.4. The Morgan fingerprint density at radius 3 is 2.34 bits per heavy atom. The van der Waals surface area contributed by atoms with Crippen molar-refractivity contribution in [3.63, 3.8) is 0 Å². The maximum absolute atomic E-state index is 12.9. The van der Waals surface area contributed by atoms with Crippen LogP contribution in [-0.2, 0) is 32.1 Å². The Labute approximate surface area is 187 Å². The van der Waals surface area contributed by atoms with Crippen LogP contribution in [0.4, 0.5) is 4.79 Å². The monoisotopic (exact) mass is 443 g/mol. The molecule has 2 atom stereocenters. The summed E-state index contributed by atoms with van der Waals surface area (Å²) < 4.78 is 15.3. The molecule has 1 heterocycles. The van der Waals surface area contributed by atoms with Gasteiger partial charge in [-0.25, -0.2) is 14.6 Å². The van der Waals surface area contributed by atoms with Crippen molar-refractivity contribution >= 4 is 18.0 Å². The number of nitrogens with one attached hydrogen (secondary N) is 2. The second kappa shape index (κ2) is 12.3. The van der Waals surface area contributed by atoms with Gasteiger partial charge in [-0.3, -0.25) is 4.79 Å². The Kier molecular flexibility index (Phi) is 9.46. The van der Waals surface area contributed by atoms with Crippen LogP contribution >= 0.6 is 0 Å². The molecule has 0 bridgehead atoms. The van der Waals surface area contributed by atoms with E-state index < -0.39 is 30.1 Å². The van der Waals surface area contributed by atoms with Crippen LogP contribution in [0.25, 0.3) is 0 Å². The third-order valence-electron chi connectivity index (χ3n) is 4.70. The lowest BCUT2D eigenvalue weighted by Gasteiger charge is -2.24. The Bertz CT molecular complexity index is 904. The highest BCUT2D eigenvalue weighted by Crippen LogP contribution is 2.16. The highest BCUT2D eigenvalue weighted by Gasteiger charge is 2.30. The van der Waals surface area contributed by atoms with Crippen molar-refractivity contribution in [2.24, 2.45) is 5.92 Å². The van der Waals surface area contributed by atoms with Crippen LogP contribution in [0.15, 0.2) is 48.7 Å². The Morgan fingerprint density at radius 1 is 1.00 bits per heavy atom. The van der Waals surface area contributed by atoms with Gasteiger partial charge in [0.2, 0.25) is 11.8 Å². The van der Waals surface area contributed by atoms with Gasteiger partial charge in [-0.2, -0.15) is 0 Å². The van der Waals surface area contributed by atoms with Gasteiger partial charge in [0.05, 0.1) is 14.2 Å². The Hall–Kier alpha value is -3.62. The molecule has 1 aromatic heterocycles. The summed E-state index contributed by atoms with van der Waals surface area (Å²) in [7, 11) is 2.71. The molecule has 2 rings (SSSR count). The van der Waals surface area contributed by atoms with E-state index in [-0.39, 0.29) is 18.9 Å². The standard InChI is InChI=1S/C23H29N3O6/c1-15(2)19(26-23(29)32-14-16-9-6-5-7-10-16)20(27)25-18(22(28)31-4)13-17-11-8-12-24-21(17)30-3/h5-12,15,18-19H,13-14H2,1-4H3,(H,25,27)(H,26,29)/t18-,19+/m0/s1. The van der Waals surface area contributed by atoms with Gasteiger partial charge in [-0.1, -0.05) is 50.2 Å². The van der Waals surface area contributed by atoms with Crippen molar-refractivity contribution in [3.05, 3.63) is 59.8 Å². The first-order valence-electron chi connectivity index (χ1n) is 10.2. The Balaban J connectivity index is 2.05. The SMILES string of the molecule is COC(=O)[C@H](Cc1cccnc1OC)NC(=O)[C@H](NC(=O)OCc1ccccc1)C(C)C. The van der Waals surface area contributed by atoms with Gasteiger partial charge in [0.25, 0.3) is 0 Å². The minimum Gasteiger partial charge on any atom is -0.481 e. The summed E-state index contributed by atoms with van der Waals surface area (Å²) in [5.74, 6) is -1.07. The van der Waals surface area contributed by atoms with E-state index in [0.29, 0.717) is 11.4 Å². The molecule has 0 aliphatic rings. The van der Waals surface area contributed by atoms with Crippen LogP contribution in [0.1, 0.15) is 25.0 Å². The molecule has 2 N–H and O–H groups in total. The number of amides is 2. The van der Waals surface area contributed by atoms with E-state index in [1.54, 1.807) is 32.2 Å². The van der Waals surface area contributed by atoms with Crippen molar-refractivity contribution in [2.45, 2.75) is 39.0 Å². The average Bonchev–Trinajstić information content (AvgIpc) is 2.80. The predicted octanol–water partition coefficient (Wildman–Crippen LogP) is 2.24. The molecule has 172 valence electrons. The molecular weight excluding hydrogens is 414 g/mol. The predicted molar refractivity (Wildman–Crippen MR) is 117 cm³/mol. The van der Waals surface area contributed by atoms with Gasteiger partial charge in [0.1, 0.15) is 18.7 Å². The van der Waals surface area contributed by atoms with E-state index in [9.17, 15) is 14.4 Å². The van der Waals surface area contributed by atoms with Gasteiger partial charge in [0, 0.05) is 18.2 Å². The van der Waals surface area contributed by atoms with Crippen LogP contribution in [0.2, 0.25) is 0 Å². The number of pyridine rings is 1. The maximum Gasteiger partial charge on any atom is 0.408 e. The van der Waals surface area contributed by atoms with Crippen LogP contribution in [0.5, 0.6) is 5.88 Å². The van der Waals surface area contributed by atoms with Gasteiger partial charge in [0.15, 0.2) is 0 Å². The van der Waals surface area contributed by atoms with Gasteiger partial charge in [-0.05, 0) is 17.5 Å². The number of hydrogen-bond acceptors (Lipinski definition) is 7. The first-order valence-corrected chi connectivity index (χ1v) is 10.2. The summed E-state index contributed by atoms with van der Waals surface area (Å²) in [5, 5.41) is 5.23. The number of alkyl carbamates (subject to hydrolysis) is 1. The fourth-order valence-electron chi connectivity index (χ4n) is 3.01. The minimum atomic E-state index is -0.992. The topological polar surface area (TPSA) is 116 Å². The lowest BCUT2D eigenvalue weighted by atomic mass is 10.0. The van der Waals surface area contributed by atoms with E-state index in [1.165, 1.54) is 14.2 Å². The smallest absolute Gasteiger partial charge is 0.408 e. The number of esters is 1. The number of carbonyl (C=O) groups excluding carboxylic acids is 3. The fourth-order valence-corrected chi connectivity index (χ4v) is 3.01. The maximum atomic E-state index is 12.9.